The molecule has 5 heteroatoms. The van der Waals surface area contributed by atoms with Gasteiger partial charge in [0.15, 0.2) is 0 Å². The molecule has 1 heterocycles. The van der Waals surface area contributed by atoms with Crippen molar-refractivity contribution in [2.45, 2.75) is 32.1 Å². The largest absolute Gasteiger partial charge is 0.389 e. The maximum Gasteiger partial charge on any atom is 0.109 e. The number of nitrogens with zero attached hydrogens (tertiary/aromatic N) is 3. The Morgan fingerprint density at radius 3 is 2.86 bits per heavy atom. The van der Waals surface area contributed by atoms with Gasteiger partial charge < -0.3 is 10.2 Å². The van der Waals surface area contributed by atoms with Crippen molar-refractivity contribution in [2.75, 3.05) is 0 Å². The molecule has 2 N–H and O–H groups in total. The fraction of sp³-hybridized carbons (Fsp3) is 0.556. The normalized spacial score (nSPS) is 14.7. The molecule has 1 rings (SSSR count). The minimum absolute atomic E-state index is 0.0848. The average Bonchev–Trinajstić information content (AvgIpc) is 2.65. The Hall–Kier alpha value is -1.38. The van der Waals surface area contributed by atoms with E-state index in [2.05, 4.69) is 5.10 Å². The smallest absolute Gasteiger partial charge is 0.109 e. The fourth-order valence-electron chi connectivity index (χ4n) is 1.13. The van der Waals surface area contributed by atoms with Crippen LogP contribution in [0.2, 0.25) is 0 Å². The van der Waals surface area contributed by atoms with Crippen LogP contribution in [0.15, 0.2) is 12.4 Å². The minimum atomic E-state index is -1.05. The third-order valence-corrected chi connectivity index (χ3v) is 1.98. The second-order valence-electron chi connectivity index (χ2n) is 3.00. The summed E-state index contributed by atoms with van der Waals surface area (Å²) in [5, 5.41) is 31.2. The molecule has 0 amide bonds. The van der Waals surface area contributed by atoms with E-state index in [1.54, 1.807) is 16.9 Å². The maximum absolute atomic E-state index is 9.57. The summed E-state index contributed by atoms with van der Waals surface area (Å²) in [6, 6.07) is 1.80. The minimum Gasteiger partial charge on any atom is -0.389 e. The van der Waals surface area contributed by atoms with Gasteiger partial charge in [-0.05, 0) is 6.92 Å². The predicted molar refractivity (Wildman–Crippen MR) is 49.1 cm³/mol. The van der Waals surface area contributed by atoms with Gasteiger partial charge in [0.2, 0.25) is 0 Å². The molecule has 0 aliphatic carbocycles. The third-order valence-electron chi connectivity index (χ3n) is 1.98. The number of hydrogen-bond donors (Lipinski definition) is 2. The molecular formula is C9H13N3O2. The summed E-state index contributed by atoms with van der Waals surface area (Å²) in [6.07, 6.45) is 0.989. The van der Waals surface area contributed by atoms with E-state index in [1.165, 1.54) is 6.20 Å². The lowest BCUT2D eigenvalue weighted by Gasteiger charge is -2.12. The van der Waals surface area contributed by atoms with Crippen molar-refractivity contribution in [3.63, 3.8) is 0 Å². The Morgan fingerprint density at radius 1 is 1.64 bits per heavy atom. The summed E-state index contributed by atoms with van der Waals surface area (Å²) < 4.78 is 1.65. The molecule has 0 spiro atoms. The first-order valence-electron chi connectivity index (χ1n) is 4.44. The van der Waals surface area contributed by atoms with Crippen LogP contribution >= 0.6 is 0 Å². The molecule has 0 bridgehead atoms. The van der Waals surface area contributed by atoms with E-state index < -0.39 is 12.2 Å². The molecule has 5 nitrogen and oxygen atoms in total. The van der Waals surface area contributed by atoms with Crippen LogP contribution in [-0.4, -0.2) is 26.1 Å². The monoisotopic (exact) mass is 195 g/mol. The van der Waals surface area contributed by atoms with Crippen molar-refractivity contribution in [3.05, 3.63) is 18.0 Å². The van der Waals surface area contributed by atoms with Crippen molar-refractivity contribution in [2.24, 2.45) is 0 Å². The van der Waals surface area contributed by atoms with Gasteiger partial charge in [-0.15, -0.1) is 0 Å². The summed E-state index contributed by atoms with van der Waals surface area (Å²) in [5.41, 5.74) is 0.537. The summed E-state index contributed by atoms with van der Waals surface area (Å²) in [6.45, 7) is 2.63. The van der Waals surface area contributed by atoms with Crippen molar-refractivity contribution in [1.29, 1.82) is 5.26 Å². The SMILES string of the molecule is CCn1cc(C(O)C(O)CC#N)cn1. The van der Waals surface area contributed by atoms with Crippen LogP contribution in [0.4, 0.5) is 0 Å². The molecule has 1 aromatic heterocycles. The van der Waals surface area contributed by atoms with Crippen molar-refractivity contribution >= 4 is 0 Å². The van der Waals surface area contributed by atoms with Gasteiger partial charge in [0.1, 0.15) is 6.10 Å². The molecule has 2 atom stereocenters. The van der Waals surface area contributed by atoms with E-state index in [0.717, 1.165) is 0 Å². The quantitative estimate of drug-likeness (QED) is 0.719. The van der Waals surface area contributed by atoms with Crippen LogP contribution in [-0.2, 0) is 6.54 Å². The van der Waals surface area contributed by atoms with Gasteiger partial charge in [-0.1, -0.05) is 0 Å². The lowest BCUT2D eigenvalue weighted by Crippen LogP contribution is -2.16. The predicted octanol–water partition coefficient (Wildman–Crippen LogP) is 0.211. The van der Waals surface area contributed by atoms with Crippen molar-refractivity contribution in [3.8, 4) is 6.07 Å². The number of aliphatic hydroxyl groups is 2. The third kappa shape index (κ3) is 2.31. The summed E-state index contributed by atoms with van der Waals surface area (Å²) >= 11 is 0. The highest BCUT2D eigenvalue weighted by molar-refractivity contribution is 5.10. The topological polar surface area (TPSA) is 82.1 Å². The summed E-state index contributed by atoms with van der Waals surface area (Å²) in [4.78, 5) is 0. The Balaban J connectivity index is 2.69. The highest BCUT2D eigenvalue weighted by Crippen LogP contribution is 2.17. The van der Waals surface area contributed by atoms with E-state index in [9.17, 15) is 10.2 Å². The molecule has 0 saturated heterocycles. The average molecular weight is 195 g/mol. The Bertz CT molecular complexity index is 329. The number of rotatable bonds is 4. The van der Waals surface area contributed by atoms with Gasteiger partial charge >= 0.3 is 0 Å². The summed E-state index contributed by atoms with van der Waals surface area (Å²) in [5.74, 6) is 0. The van der Waals surface area contributed by atoms with Gasteiger partial charge in [-0.2, -0.15) is 10.4 Å². The van der Waals surface area contributed by atoms with Crippen molar-refractivity contribution in [1.82, 2.24) is 9.78 Å². The molecular weight excluding hydrogens is 182 g/mol. The van der Waals surface area contributed by atoms with Crippen LogP contribution in [0.5, 0.6) is 0 Å². The van der Waals surface area contributed by atoms with Crippen LogP contribution in [0.25, 0.3) is 0 Å². The standard InChI is InChI=1S/C9H13N3O2/c1-2-12-6-7(5-11-12)9(14)8(13)3-4-10/h5-6,8-9,13-14H,2-3H2,1H3. The molecule has 14 heavy (non-hydrogen) atoms. The zero-order chi connectivity index (χ0) is 10.6. The van der Waals surface area contributed by atoms with Gasteiger partial charge in [-0.25, -0.2) is 0 Å². The fourth-order valence-corrected chi connectivity index (χ4v) is 1.13. The second kappa shape index (κ2) is 4.74. The first-order valence-corrected chi connectivity index (χ1v) is 4.44. The van der Waals surface area contributed by atoms with Gasteiger partial charge in [0.05, 0.1) is 24.8 Å². The van der Waals surface area contributed by atoms with E-state index in [1.807, 2.05) is 6.92 Å². The van der Waals surface area contributed by atoms with Crippen LogP contribution in [0.3, 0.4) is 0 Å². The summed E-state index contributed by atoms with van der Waals surface area (Å²) in [7, 11) is 0. The first-order chi connectivity index (χ1) is 6.69. The van der Waals surface area contributed by atoms with Gasteiger partial charge in [0.25, 0.3) is 0 Å². The molecule has 0 aliphatic rings. The van der Waals surface area contributed by atoms with E-state index in [-0.39, 0.29) is 6.42 Å². The van der Waals surface area contributed by atoms with Crippen LogP contribution in [0.1, 0.15) is 25.0 Å². The number of hydrogen-bond acceptors (Lipinski definition) is 4. The Morgan fingerprint density at radius 2 is 2.36 bits per heavy atom. The molecule has 76 valence electrons. The number of nitriles is 1. The van der Waals surface area contributed by atoms with Gasteiger partial charge in [-0.3, -0.25) is 4.68 Å². The van der Waals surface area contributed by atoms with Crippen LogP contribution in [0, 0.1) is 11.3 Å². The lowest BCUT2D eigenvalue weighted by molar-refractivity contribution is 0.0216. The Kier molecular flexibility index (Phi) is 3.63. The Labute approximate surface area is 82.2 Å². The molecule has 0 fully saturated rings. The van der Waals surface area contributed by atoms with E-state index in [4.69, 9.17) is 5.26 Å². The second-order valence-corrected chi connectivity index (χ2v) is 3.00. The van der Waals surface area contributed by atoms with Crippen LogP contribution < -0.4 is 0 Å². The van der Waals surface area contributed by atoms with E-state index >= 15 is 0 Å². The molecule has 2 unspecified atom stereocenters. The molecule has 1 aromatic rings. The van der Waals surface area contributed by atoms with E-state index in [0.29, 0.717) is 12.1 Å². The maximum atomic E-state index is 9.57. The highest BCUT2D eigenvalue weighted by Gasteiger charge is 2.19. The molecule has 0 radical (unpaired) electrons. The highest BCUT2D eigenvalue weighted by atomic mass is 16.3. The zero-order valence-electron chi connectivity index (χ0n) is 7.96. The first kappa shape index (κ1) is 10.7. The number of aryl methyl sites for hydroxylation is 1. The zero-order valence-corrected chi connectivity index (χ0v) is 7.96. The number of aliphatic hydroxyl groups excluding tert-OH is 2. The lowest BCUT2D eigenvalue weighted by atomic mass is 10.1. The van der Waals surface area contributed by atoms with Crippen molar-refractivity contribution < 1.29 is 10.2 Å². The molecule has 0 aromatic carbocycles. The van der Waals surface area contributed by atoms with Gasteiger partial charge in [0, 0.05) is 18.3 Å². The molecule has 0 saturated carbocycles. The molecule has 0 aliphatic heterocycles. The number of aromatic nitrogens is 2.